The van der Waals surface area contributed by atoms with E-state index >= 15 is 0 Å². The van der Waals surface area contributed by atoms with Gasteiger partial charge in [0.05, 0.1) is 24.1 Å². The number of carbonyl (C=O) groups is 2. The van der Waals surface area contributed by atoms with E-state index in [1.807, 2.05) is 0 Å². The van der Waals surface area contributed by atoms with Crippen LogP contribution in [-0.2, 0) is 9.59 Å². The molecule has 74 valence electrons. The Hall–Kier alpha value is -0.218. The largest absolute Gasteiger partial charge is 2.00 e. The van der Waals surface area contributed by atoms with E-state index in [9.17, 15) is 19.8 Å². The Kier molecular flexibility index (Phi) is 14.1. The van der Waals surface area contributed by atoms with Crippen molar-refractivity contribution in [2.24, 2.45) is 0 Å². The Morgan fingerprint density at radius 3 is 1.08 bits per heavy atom. The third kappa shape index (κ3) is 18.6. The van der Waals surface area contributed by atoms with Crippen molar-refractivity contribution >= 4 is 39.2 Å². The van der Waals surface area contributed by atoms with Crippen LogP contribution in [0.15, 0.2) is 0 Å². The molecule has 0 heterocycles. The Bertz CT molecular complexity index is 137. The summed E-state index contributed by atoms with van der Waals surface area (Å²) in [6, 6.07) is 0. The van der Waals surface area contributed by atoms with Gasteiger partial charge in [0.15, 0.2) is 0 Å². The second-order valence-electron chi connectivity index (χ2n) is 1.99. The average molecular weight is 385 g/mol. The number of aliphatic hydroxyl groups excluding tert-OH is 2. The van der Waals surface area contributed by atoms with E-state index < -0.39 is 24.1 Å². The van der Waals surface area contributed by atoms with Crippen molar-refractivity contribution in [1.29, 1.82) is 0 Å². The molecule has 7 heteroatoms. The van der Waals surface area contributed by atoms with Gasteiger partial charge in [-0.2, -0.15) is 0 Å². The molecule has 2 N–H and O–H groups in total. The van der Waals surface area contributed by atoms with E-state index in [1.54, 1.807) is 0 Å². The first-order valence-electron chi connectivity index (χ1n) is 3.06. The maximum Gasteiger partial charge on any atom is 2.00 e. The summed E-state index contributed by atoms with van der Waals surface area (Å²) in [5.41, 5.74) is 0. The molecule has 0 aliphatic rings. The fourth-order valence-electron chi connectivity index (χ4n) is 0. The van der Waals surface area contributed by atoms with Gasteiger partial charge in [0.1, 0.15) is 0 Å². The molecule has 2 atom stereocenters. The summed E-state index contributed by atoms with van der Waals surface area (Å²) in [6.45, 7) is 2.27. The van der Waals surface area contributed by atoms with Crippen molar-refractivity contribution in [3.05, 3.63) is 0 Å². The Balaban J connectivity index is -0.000000143. The maximum absolute atomic E-state index is 9.34. The number of hydrogen-bond acceptors (Lipinski definition) is 6. The van der Waals surface area contributed by atoms with Gasteiger partial charge >= 0.3 is 27.3 Å². The summed E-state index contributed by atoms with van der Waals surface area (Å²) in [6.07, 6.45) is -2.69. The van der Waals surface area contributed by atoms with Crippen molar-refractivity contribution in [2.75, 3.05) is 0 Å². The van der Waals surface area contributed by atoms with Crippen molar-refractivity contribution in [1.82, 2.24) is 0 Å². The summed E-state index contributed by atoms with van der Waals surface area (Å²) in [4.78, 5) is 18.7. The van der Waals surface area contributed by atoms with Crippen LogP contribution in [0.3, 0.4) is 0 Å². The van der Waals surface area contributed by atoms with Gasteiger partial charge in [0.25, 0.3) is 0 Å². The number of rotatable bonds is 2. The van der Waals surface area contributed by atoms with E-state index in [0.717, 1.165) is 13.8 Å². The minimum atomic E-state index is -1.44. The molecule has 2 radical (unpaired) electrons. The average Bonchev–Trinajstić information content (AvgIpc) is 1.88. The Labute approximate surface area is 95.4 Å². The van der Waals surface area contributed by atoms with Gasteiger partial charge in [-0.05, 0) is 13.8 Å². The van der Waals surface area contributed by atoms with Gasteiger partial charge in [-0.1, -0.05) is 0 Å². The molecule has 0 spiro atoms. The molecule has 0 amide bonds. The summed E-state index contributed by atoms with van der Waals surface area (Å²) in [7, 11) is 0. The van der Waals surface area contributed by atoms with Gasteiger partial charge in [0.2, 0.25) is 0 Å². The van der Waals surface area contributed by atoms with Gasteiger partial charge in [-0.3, -0.25) is 0 Å². The van der Waals surface area contributed by atoms with E-state index in [4.69, 9.17) is 10.2 Å². The Morgan fingerprint density at radius 1 is 1.00 bits per heavy atom. The molecule has 0 rings (SSSR count). The number of carboxylic acid groups (broad SMARTS) is 2. The van der Waals surface area contributed by atoms with Crippen LogP contribution in [0, 0.1) is 0 Å². The summed E-state index contributed by atoms with van der Waals surface area (Å²) in [5.74, 6) is -2.87. The van der Waals surface area contributed by atoms with Crippen LogP contribution in [0.1, 0.15) is 13.8 Å². The number of carbonyl (C=O) groups excluding carboxylic acids is 2. The second kappa shape index (κ2) is 9.87. The zero-order chi connectivity index (χ0) is 10.3. The number of hydrogen-bond donors (Lipinski definition) is 2. The maximum atomic E-state index is 9.34. The smallest absolute Gasteiger partial charge is 0.547 e. The molecular formula is C6H10O6Pb. The third-order valence-electron chi connectivity index (χ3n) is 0.682. The first-order chi connectivity index (χ1) is 5.29. The fraction of sp³-hybridized carbons (Fsp3) is 0.667. The minimum Gasteiger partial charge on any atom is -0.547 e. The molecule has 0 aliphatic heterocycles. The van der Waals surface area contributed by atoms with Crippen LogP contribution in [0.4, 0.5) is 0 Å². The molecule has 0 aromatic carbocycles. The van der Waals surface area contributed by atoms with Crippen LogP contribution in [0.2, 0.25) is 0 Å². The van der Waals surface area contributed by atoms with Gasteiger partial charge in [0, 0.05) is 0 Å². The number of aliphatic carboxylic acids is 2. The first-order valence-corrected chi connectivity index (χ1v) is 3.06. The summed E-state index contributed by atoms with van der Waals surface area (Å²) in [5, 5.41) is 34.6. The molecule has 0 fully saturated rings. The van der Waals surface area contributed by atoms with Gasteiger partial charge in [-0.25, -0.2) is 0 Å². The molecule has 0 aliphatic carbocycles. The topological polar surface area (TPSA) is 121 Å². The van der Waals surface area contributed by atoms with E-state index in [1.165, 1.54) is 0 Å². The number of aliphatic hydroxyl groups is 2. The van der Waals surface area contributed by atoms with Crippen LogP contribution < -0.4 is 10.2 Å². The van der Waals surface area contributed by atoms with E-state index in [0.29, 0.717) is 0 Å². The van der Waals surface area contributed by atoms with Crippen molar-refractivity contribution in [3.8, 4) is 0 Å². The first kappa shape index (κ1) is 18.5. The molecule has 2 unspecified atom stereocenters. The van der Waals surface area contributed by atoms with Crippen molar-refractivity contribution in [2.45, 2.75) is 26.1 Å². The third-order valence-corrected chi connectivity index (χ3v) is 0.682. The van der Waals surface area contributed by atoms with Crippen molar-refractivity contribution < 1.29 is 30.0 Å². The van der Waals surface area contributed by atoms with Crippen LogP contribution in [0.25, 0.3) is 0 Å². The van der Waals surface area contributed by atoms with E-state index in [2.05, 4.69) is 0 Å². The molecule has 6 nitrogen and oxygen atoms in total. The molecule has 0 aromatic heterocycles. The Morgan fingerprint density at radius 2 is 1.08 bits per heavy atom. The molecule has 0 aromatic rings. The fourth-order valence-corrected chi connectivity index (χ4v) is 0. The van der Waals surface area contributed by atoms with E-state index in [-0.39, 0.29) is 27.3 Å². The number of carboxylic acids is 2. The molecular weight excluding hydrogens is 375 g/mol. The van der Waals surface area contributed by atoms with Crippen LogP contribution in [0.5, 0.6) is 0 Å². The molecule has 13 heavy (non-hydrogen) atoms. The second-order valence-corrected chi connectivity index (χ2v) is 1.99. The summed E-state index contributed by atoms with van der Waals surface area (Å²) < 4.78 is 0. The SMILES string of the molecule is CC(O)C(=O)[O-].CC(O)C(=O)[O-].[Pb+2]. The van der Waals surface area contributed by atoms with Crippen molar-refractivity contribution in [3.63, 3.8) is 0 Å². The molecule has 0 saturated carbocycles. The van der Waals surface area contributed by atoms with Crippen LogP contribution in [-0.4, -0.2) is 61.7 Å². The predicted molar refractivity (Wildman–Crippen MR) is 39.1 cm³/mol. The van der Waals surface area contributed by atoms with Gasteiger partial charge < -0.3 is 30.0 Å². The minimum absolute atomic E-state index is 0. The monoisotopic (exact) mass is 386 g/mol. The standard InChI is InChI=1S/2C3H6O3.Pb/c2*1-2(4)3(5)6;/h2*2,4H,1H3,(H,5,6);/q;;+2/p-2. The molecule has 0 bridgehead atoms. The zero-order valence-electron chi connectivity index (χ0n) is 7.18. The predicted octanol–water partition coefficient (Wildman–Crippen LogP) is -4.15. The normalized spacial score (nSPS) is 12.6. The van der Waals surface area contributed by atoms with Crippen LogP contribution >= 0.6 is 0 Å². The molecule has 0 saturated heterocycles. The zero-order valence-corrected chi connectivity index (χ0v) is 11.1. The summed E-state index contributed by atoms with van der Waals surface area (Å²) >= 11 is 0. The van der Waals surface area contributed by atoms with Gasteiger partial charge in [-0.15, -0.1) is 0 Å². The quantitative estimate of drug-likeness (QED) is 0.466.